The smallest absolute Gasteiger partial charge is 0.115 e. The number of hydrogen-bond acceptors (Lipinski definition) is 2. The van der Waals surface area contributed by atoms with E-state index in [-0.39, 0.29) is 0 Å². The first-order valence-corrected chi connectivity index (χ1v) is 7.39. The molecule has 2 aliphatic rings. The summed E-state index contributed by atoms with van der Waals surface area (Å²) in [5, 5.41) is 13.3. The van der Waals surface area contributed by atoms with Gasteiger partial charge in [-0.3, -0.25) is 0 Å². The highest BCUT2D eigenvalue weighted by Crippen LogP contribution is 2.63. The summed E-state index contributed by atoms with van der Waals surface area (Å²) in [6.07, 6.45) is 4.08. The SMILES string of the molecule is Cc1cc(O)ccc1NC1C(C)(C)[C@H]2CC[C@]1(C)C2. The summed E-state index contributed by atoms with van der Waals surface area (Å²) in [7, 11) is 0. The number of benzene rings is 1. The number of fused-ring (bicyclic) bond motifs is 2. The van der Waals surface area contributed by atoms with Gasteiger partial charge >= 0.3 is 0 Å². The molecule has 2 N–H and O–H groups in total. The molecule has 3 rings (SSSR count). The summed E-state index contributed by atoms with van der Waals surface area (Å²) in [4.78, 5) is 0. The van der Waals surface area contributed by atoms with Crippen molar-refractivity contribution >= 4 is 5.69 Å². The number of rotatable bonds is 2. The third-order valence-electron chi connectivity index (χ3n) is 5.78. The van der Waals surface area contributed by atoms with Crippen molar-refractivity contribution in [3.8, 4) is 5.75 Å². The summed E-state index contributed by atoms with van der Waals surface area (Å²) >= 11 is 0. The van der Waals surface area contributed by atoms with Crippen LogP contribution in [0.25, 0.3) is 0 Å². The highest BCUT2D eigenvalue weighted by molar-refractivity contribution is 5.55. The van der Waals surface area contributed by atoms with Crippen molar-refractivity contribution < 1.29 is 5.11 Å². The van der Waals surface area contributed by atoms with Crippen LogP contribution in [0.4, 0.5) is 5.69 Å². The number of aryl methyl sites for hydroxylation is 1. The Kier molecular flexibility index (Phi) is 2.64. The van der Waals surface area contributed by atoms with E-state index in [9.17, 15) is 5.11 Å². The maximum Gasteiger partial charge on any atom is 0.115 e. The largest absolute Gasteiger partial charge is 0.508 e. The van der Waals surface area contributed by atoms with Crippen LogP contribution < -0.4 is 5.32 Å². The van der Waals surface area contributed by atoms with Gasteiger partial charge in [0.15, 0.2) is 0 Å². The Morgan fingerprint density at radius 1 is 1.26 bits per heavy atom. The van der Waals surface area contributed by atoms with Gasteiger partial charge in [-0.05, 0) is 66.7 Å². The van der Waals surface area contributed by atoms with Crippen LogP contribution in [-0.4, -0.2) is 11.1 Å². The highest BCUT2D eigenvalue weighted by Gasteiger charge is 2.59. The van der Waals surface area contributed by atoms with Gasteiger partial charge in [0.1, 0.15) is 5.75 Å². The summed E-state index contributed by atoms with van der Waals surface area (Å²) < 4.78 is 0. The molecule has 0 heterocycles. The predicted molar refractivity (Wildman–Crippen MR) is 79.5 cm³/mol. The molecule has 2 saturated carbocycles. The van der Waals surface area contributed by atoms with Crippen LogP contribution in [-0.2, 0) is 0 Å². The molecule has 0 amide bonds. The number of anilines is 1. The van der Waals surface area contributed by atoms with E-state index in [1.807, 2.05) is 12.1 Å². The van der Waals surface area contributed by atoms with Crippen LogP contribution in [0.2, 0.25) is 0 Å². The van der Waals surface area contributed by atoms with Gasteiger partial charge in [-0.2, -0.15) is 0 Å². The monoisotopic (exact) mass is 259 g/mol. The lowest BCUT2D eigenvalue weighted by Crippen LogP contribution is -2.45. The van der Waals surface area contributed by atoms with Crippen molar-refractivity contribution in [2.45, 2.75) is 53.0 Å². The van der Waals surface area contributed by atoms with Crippen molar-refractivity contribution in [1.29, 1.82) is 0 Å². The molecule has 2 nitrogen and oxygen atoms in total. The second-order valence-electron chi connectivity index (χ2n) is 7.49. The van der Waals surface area contributed by atoms with Crippen LogP contribution in [0.15, 0.2) is 18.2 Å². The predicted octanol–water partition coefficient (Wildman–Crippen LogP) is 4.33. The summed E-state index contributed by atoms with van der Waals surface area (Å²) in [5.74, 6) is 1.20. The molecule has 0 saturated heterocycles. The zero-order valence-corrected chi connectivity index (χ0v) is 12.5. The lowest BCUT2D eigenvalue weighted by molar-refractivity contribution is 0.155. The Bertz CT molecular complexity index is 503. The zero-order valence-electron chi connectivity index (χ0n) is 12.5. The van der Waals surface area contributed by atoms with Crippen LogP contribution in [0.5, 0.6) is 5.75 Å². The number of hydrogen-bond donors (Lipinski definition) is 2. The number of aromatic hydroxyl groups is 1. The number of phenols is 1. The van der Waals surface area contributed by atoms with Crippen molar-refractivity contribution in [3.05, 3.63) is 23.8 Å². The molecular formula is C17H25NO. The molecule has 2 fully saturated rings. The molecule has 1 unspecified atom stereocenters. The average molecular weight is 259 g/mol. The normalized spacial score (nSPS) is 35.6. The molecule has 0 spiro atoms. The average Bonchev–Trinajstić information content (AvgIpc) is 2.78. The Morgan fingerprint density at radius 2 is 2.00 bits per heavy atom. The van der Waals surface area contributed by atoms with Gasteiger partial charge in [0, 0.05) is 11.7 Å². The summed E-state index contributed by atoms with van der Waals surface area (Å²) in [6.45, 7) is 9.32. The maximum atomic E-state index is 9.53. The van der Waals surface area contributed by atoms with E-state index in [4.69, 9.17) is 0 Å². The Balaban J connectivity index is 1.90. The van der Waals surface area contributed by atoms with Crippen molar-refractivity contribution in [2.24, 2.45) is 16.7 Å². The van der Waals surface area contributed by atoms with Gasteiger partial charge in [0.25, 0.3) is 0 Å². The first kappa shape index (κ1) is 12.8. The van der Waals surface area contributed by atoms with Crippen LogP contribution in [0, 0.1) is 23.7 Å². The van der Waals surface area contributed by atoms with Gasteiger partial charge in [-0.15, -0.1) is 0 Å². The van der Waals surface area contributed by atoms with E-state index >= 15 is 0 Å². The fourth-order valence-corrected chi connectivity index (χ4v) is 4.63. The standard InChI is InChI=1S/C17H25NO/c1-11-9-13(19)5-6-14(11)18-15-16(2,3)12-7-8-17(15,4)10-12/h5-6,9,12,15,18-19H,7-8,10H2,1-4H3/t12-,15?,17+/m0/s1. The minimum Gasteiger partial charge on any atom is -0.508 e. The molecule has 2 bridgehead atoms. The van der Waals surface area contributed by atoms with E-state index in [1.54, 1.807) is 6.07 Å². The molecule has 2 heteroatoms. The molecular weight excluding hydrogens is 234 g/mol. The maximum absolute atomic E-state index is 9.53. The molecule has 0 aliphatic heterocycles. The minimum atomic E-state index is 0.349. The molecule has 3 atom stereocenters. The van der Waals surface area contributed by atoms with Crippen LogP contribution >= 0.6 is 0 Å². The molecule has 0 aromatic heterocycles. The van der Waals surface area contributed by atoms with Gasteiger partial charge in [0.05, 0.1) is 0 Å². The van der Waals surface area contributed by atoms with Crippen molar-refractivity contribution in [3.63, 3.8) is 0 Å². The molecule has 2 aliphatic carbocycles. The van der Waals surface area contributed by atoms with Crippen molar-refractivity contribution in [2.75, 3.05) is 5.32 Å². The fraction of sp³-hybridized carbons (Fsp3) is 0.647. The first-order chi connectivity index (χ1) is 8.83. The topological polar surface area (TPSA) is 32.3 Å². The Morgan fingerprint density at radius 3 is 2.58 bits per heavy atom. The third kappa shape index (κ3) is 1.84. The Hall–Kier alpha value is -1.18. The summed E-state index contributed by atoms with van der Waals surface area (Å²) in [6, 6.07) is 6.15. The zero-order chi connectivity index (χ0) is 13.8. The van der Waals surface area contributed by atoms with Gasteiger partial charge < -0.3 is 10.4 Å². The summed E-state index contributed by atoms with van der Waals surface area (Å²) in [5.41, 5.74) is 3.09. The van der Waals surface area contributed by atoms with E-state index in [0.717, 1.165) is 11.5 Å². The van der Waals surface area contributed by atoms with Crippen LogP contribution in [0.1, 0.15) is 45.6 Å². The fourth-order valence-electron chi connectivity index (χ4n) is 4.63. The van der Waals surface area contributed by atoms with E-state index in [2.05, 4.69) is 33.0 Å². The molecule has 1 aromatic rings. The highest BCUT2D eigenvalue weighted by atomic mass is 16.3. The van der Waals surface area contributed by atoms with Gasteiger partial charge in [-0.1, -0.05) is 20.8 Å². The van der Waals surface area contributed by atoms with E-state index in [0.29, 0.717) is 22.6 Å². The minimum absolute atomic E-state index is 0.349. The van der Waals surface area contributed by atoms with E-state index in [1.165, 1.54) is 24.9 Å². The third-order valence-corrected chi connectivity index (χ3v) is 5.78. The van der Waals surface area contributed by atoms with Gasteiger partial charge in [-0.25, -0.2) is 0 Å². The van der Waals surface area contributed by atoms with Crippen molar-refractivity contribution in [1.82, 2.24) is 0 Å². The number of nitrogens with one attached hydrogen (secondary N) is 1. The lowest BCUT2D eigenvalue weighted by Gasteiger charge is -2.44. The molecule has 104 valence electrons. The quantitative estimate of drug-likeness (QED) is 0.775. The number of phenolic OH excluding ortho intramolecular Hbond substituents is 1. The Labute approximate surface area is 116 Å². The molecule has 19 heavy (non-hydrogen) atoms. The van der Waals surface area contributed by atoms with Gasteiger partial charge in [0.2, 0.25) is 0 Å². The van der Waals surface area contributed by atoms with Crippen LogP contribution in [0.3, 0.4) is 0 Å². The first-order valence-electron chi connectivity index (χ1n) is 7.39. The lowest BCUT2D eigenvalue weighted by atomic mass is 9.68. The second-order valence-corrected chi connectivity index (χ2v) is 7.49. The second kappa shape index (κ2) is 3.91. The molecule has 1 aromatic carbocycles. The molecule has 0 radical (unpaired) electrons. The van der Waals surface area contributed by atoms with E-state index < -0.39 is 0 Å².